The van der Waals surface area contributed by atoms with Crippen LogP contribution < -0.4 is 5.73 Å². The van der Waals surface area contributed by atoms with Gasteiger partial charge in [0.05, 0.1) is 11.8 Å². The highest BCUT2D eigenvalue weighted by molar-refractivity contribution is 5.43. The predicted octanol–water partition coefficient (Wildman–Crippen LogP) is 2.21. The van der Waals surface area contributed by atoms with Crippen LogP contribution in [0.25, 0.3) is 0 Å². The maximum absolute atomic E-state index is 5.70. The van der Waals surface area contributed by atoms with Crippen molar-refractivity contribution in [2.75, 3.05) is 6.54 Å². The average molecular weight is 243 g/mol. The van der Waals surface area contributed by atoms with Crippen LogP contribution in [-0.4, -0.2) is 16.7 Å². The summed E-state index contributed by atoms with van der Waals surface area (Å²) in [5, 5.41) is 4.11. The smallest absolute Gasteiger partial charge is 0.231 e. The van der Waals surface area contributed by atoms with Gasteiger partial charge >= 0.3 is 0 Å². The number of nitrogens with two attached hydrogens (primary N) is 1. The monoisotopic (exact) mass is 243 g/mol. The lowest BCUT2D eigenvalue weighted by atomic mass is 9.77. The number of fused-ring (bicyclic) bond motifs is 1. The number of hydrogen-bond donors (Lipinski definition) is 1. The molecule has 2 atom stereocenters. The molecule has 1 aliphatic carbocycles. The Labute approximate surface area is 106 Å². The second kappa shape index (κ2) is 4.53. The Bertz CT molecular complexity index is 545. The molecule has 2 N–H and O–H groups in total. The number of aromatic nitrogens is 2. The lowest BCUT2D eigenvalue weighted by molar-refractivity contribution is 0.345. The van der Waals surface area contributed by atoms with Gasteiger partial charge in [-0.15, -0.1) is 0 Å². The molecular weight excluding hydrogens is 226 g/mol. The van der Waals surface area contributed by atoms with Gasteiger partial charge in [-0.3, -0.25) is 0 Å². The van der Waals surface area contributed by atoms with Crippen molar-refractivity contribution in [2.45, 2.75) is 31.6 Å². The van der Waals surface area contributed by atoms with Crippen molar-refractivity contribution < 1.29 is 4.52 Å². The first-order valence-electron chi connectivity index (χ1n) is 6.44. The highest BCUT2D eigenvalue weighted by atomic mass is 16.5. The summed E-state index contributed by atoms with van der Waals surface area (Å²) in [6.45, 7) is 2.64. The summed E-state index contributed by atoms with van der Waals surface area (Å²) in [6.07, 6.45) is 1.94. The molecular formula is C14H17N3O. The number of rotatable bonds is 4. The molecule has 1 aliphatic rings. The summed E-state index contributed by atoms with van der Waals surface area (Å²) in [5.41, 5.74) is 8.41. The van der Waals surface area contributed by atoms with Gasteiger partial charge in [0, 0.05) is 6.54 Å². The molecule has 0 aliphatic heterocycles. The van der Waals surface area contributed by atoms with Crippen molar-refractivity contribution in [1.82, 2.24) is 10.1 Å². The van der Waals surface area contributed by atoms with E-state index in [4.69, 9.17) is 10.3 Å². The highest BCUT2D eigenvalue weighted by Crippen LogP contribution is 2.38. The highest BCUT2D eigenvalue weighted by Gasteiger charge is 2.31. The molecule has 4 heteroatoms. The number of nitrogens with zero attached hydrogens (tertiary/aromatic N) is 2. The van der Waals surface area contributed by atoms with Crippen molar-refractivity contribution in [2.24, 2.45) is 5.73 Å². The fourth-order valence-electron chi connectivity index (χ4n) is 2.49. The van der Waals surface area contributed by atoms with Gasteiger partial charge in [-0.25, -0.2) is 0 Å². The second-order valence-corrected chi connectivity index (χ2v) is 4.79. The van der Waals surface area contributed by atoms with E-state index in [9.17, 15) is 0 Å². The van der Waals surface area contributed by atoms with Crippen molar-refractivity contribution in [3.8, 4) is 0 Å². The van der Waals surface area contributed by atoms with E-state index in [1.165, 1.54) is 11.1 Å². The van der Waals surface area contributed by atoms with Gasteiger partial charge in [-0.05, 0) is 24.0 Å². The molecule has 0 spiro atoms. The predicted molar refractivity (Wildman–Crippen MR) is 68.4 cm³/mol. The Balaban J connectivity index is 1.84. The maximum atomic E-state index is 5.70. The van der Waals surface area contributed by atoms with Gasteiger partial charge in [0.25, 0.3) is 0 Å². The van der Waals surface area contributed by atoms with E-state index in [0.717, 1.165) is 18.7 Å². The third-order valence-corrected chi connectivity index (χ3v) is 3.75. The molecule has 3 rings (SSSR count). The van der Waals surface area contributed by atoms with Crippen molar-refractivity contribution in [3.05, 3.63) is 47.1 Å². The Morgan fingerprint density at radius 1 is 1.44 bits per heavy atom. The lowest BCUT2D eigenvalue weighted by Gasteiger charge is -2.27. The Morgan fingerprint density at radius 2 is 2.28 bits per heavy atom. The van der Waals surface area contributed by atoms with Crippen LogP contribution in [0.5, 0.6) is 0 Å². The van der Waals surface area contributed by atoms with Gasteiger partial charge in [-0.1, -0.05) is 36.3 Å². The molecule has 0 saturated carbocycles. The standard InChI is InChI=1S/C14H17N3O/c1-2-9(8-15)14-16-13(17-18-14)12-7-10-5-3-4-6-11(10)12/h3-6,9,12H,2,7-8,15H2,1H3. The molecule has 0 amide bonds. The van der Waals surface area contributed by atoms with E-state index in [2.05, 4.69) is 41.3 Å². The third-order valence-electron chi connectivity index (χ3n) is 3.75. The van der Waals surface area contributed by atoms with Crippen molar-refractivity contribution in [1.29, 1.82) is 0 Å². The molecule has 0 fully saturated rings. The van der Waals surface area contributed by atoms with Crippen molar-refractivity contribution >= 4 is 0 Å². The van der Waals surface area contributed by atoms with Gasteiger partial charge in [0.2, 0.25) is 5.89 Å². The molecule has 18 heavy (non-hydrogen) atoms. The first-order chi connectivity index (χ1) is 8.83. The van der Waals surface area contributed by atoms with E-state index in [-0.39, 0.29) is 5.92 Å². The van der Waals surface area contributed by atoms with Crippen LogP contribution in [0.3, 0.4) is 0 Å². The molecule has 0 bridgehead atoms. The summed E-state index contributed by atoms with van der Waals surface area (Å²) in [4.78, 5) is 4.52. The minimum atomic E-state index is 0.182. The van der Waals surface area contributed by atoms with Gasteiger partial charge < -0.3 is 10.3 Å². The molecule has 1 aromatic heterocycles. The quantitative estimate of drug-likeness (QED) is 0.894. The minimum Gasteiger partial charge on any atom is -0.339 e. The maximum Gasteiger partial charge on any atom is 0.231 e. The lowest BCUT2D eigenvalue weighted by Crippen LogP contribution is -2.19. The van der Waals surface area contributed by atoms with E-state index < -0.39 is 0 Å². The molecule has 0 radical (unpaired) electrons. The fourth-order valence-corrected chi connectivity index (χ4v) is 2.49. The van der Waals surface area contributed by atoms with E-state index in [1.807, 2.05) is 0 Å². The Hall–Kier alpha value is -1.68. The average Bonchev–Trinajstić information content (AvgIpc) is 2.82. The summed E-state index contributed by atoms with van der Waals surface area (Å²) in [7, 11) is 0. The SMILES string of the molecule is CCC(CN)c1nc(C2Cc3ccccc32)no1. The summed E-state index contributed by atoms with van der Waals surface area (Å²) in [5.74, 6) is 1.96. The molecule has 4 nitrogen and oxygen atoms in total. The summed E-state index contributed by atoms with van der Waals surface area (Å²) >= 11 is 0. The number of hydrogen-bond acceptors (Lipinski definition) is 4. The zero-order valence-electron chi connectivity index (χ0n) is 10.5. The largest absolute Gasteiger partial charge is 0.339 e. The molecule has 1 heterocycles. The number of benzene rings is 1. The van der Waals surface area contributed by atoms with Crippen LogP contribution in [0.4, 0.5) is 0 Å². The molecule has 2 aromatic rings. The fraction of sp³-hybridized carbons (Fsp3) is 0.429. The Morgan fingerprint density at radius 3 is 3.00 bits per heavy atom. The molecule has 2 unspecified atom stereocenters. The van der Waals surface area contributed by atoms with E-state index in [0.29, 0.717) is 18.4 Å². The zero-order valence-corrected chi connectivity index (χ0v) is 10.5. The minimum absolute atomic E-state index is 0.182. The van der Waals surface area contributed by atoms with Crippen LogP contribution >= 0.6 is 0 Å². The summed E-state index contributed by atoms with van der Waals surface area (Å²) < 4.78 is 5.34. The van der Waals surface area contributed by atoms with Crippen LogP contribution in [0.1, 0.15) is 48.0 Å². The van der Waals surface area contributed by atoms with E-state index >= 15 is 0 Å². The molecule has 1 aromatic carbocycles. The Kier molecular flexibility index (Phi) is 2.88. The first-order valence-corrected chi connectivity index (χ1v) is 6.44. The van der Waals surface area contributed by atoms with Crippen LogP contribution in [0.15, 0.2) is 28.8 Å². The zero-order chi connectivity index (χ0) is 12.5. The van der Waals surface area contributed by atoms with Gasteiger partial charge in [0.15, 0.2) is 5.82 Å². The van der Waals surface area contributed by atoms with Crippen LogP contribution in [0.2, 0.25) is 0 Å². The van der Waals surface area contributed by atoms with Gasteiger partial charge in [0.1, 0.15) is 0 Å². The van der Waals surface area contributed by atoms with Crippen molar-refractivity contribution in [3.63, 3.8) is 0 Å². The van der Waals surface area contributed by atoms with Crippen LogP contribution in [-0.2, 0) is 6.42 Å². The van der Waals surface area contributed by atoms with Crippen LogP contribution in [0, 0.1) is 0 Å². The molecule has 0 saturated heterocycles. The first kappa shape index (κ1) is 11.4. The van der Waals surface area contributed by atoms with Gasteiger partial charge in [-0.2, -0.15) is 4.98 Å². The molecule has 94 valence electrons. The topological polar surface area (TPSA) is 64.9 Å². The summed E-state index contributed by atoms with van der Waals surface area (Å²) in [6, 6.07) is 8.42. The normalized spacial score (nSPS) is 19.1. The van der Waals surface area contributed by atoms with E-state index in [1.54, 1.807) is 0 Å². The third kappa shape index (κ3) is 1.73. The second-order valence-electron chi connectivity index (χ2n) is 4.79.